The third kappa shape index (κ3) is 5.64. The Bertz CT molecular complexity index is 1030. The molecule has 1 unspecified atom stereocenters. The Balaban J connectivity index is 1.86. The number of ether oxygens (including phenoxy) is 1. The first-order valence-corrected chi connectivity index (χ1v) is 12.3. The zero-order valence-electron chi connectivity index (χ0n) is 17.1. The number of amides is 1. The number of carbonyl (C=O) groups is 1. The molecule has 0 aliphatic carbocycles. The second kappa shape index (κ2) is 9.25. The quantitative estimate of drug-likeness (QED) is 0.568. The lowest BCUT2D eigenvalue weighted by molar-refractivity contribution is -0.137. The Kier molecular flexibility index (Phi) is 7.07. The van der Waals surface area contributed by atoms with Crippen LogP contribution in [0.2, 0.25) is 0 Å². The molecule has 0 radical (unpaired) electrons. The maximum absolute atomic E-state index is 13.3. The molecule has 1 saturated heterocycles. The Morgan fingerprint density at radius 3 is 2.52 bits per heavy atom. The van der Waals surface area contributed by atoms with Gasteiger partial charge in [0.1, 0.15) is 9.88 Å². The van der Waals surface area contributed by atoms with E-state index >= 15 is 0 Å². The first-order valence-electron chi connectivity index (χ1n) is 9.67. The van der Waals surface area contributed by atoms with Crippen molar-refractivity contribution in [2.75, 3.05) is 31.8 Å². The predicted molar refractivity (Wildman–Crippen MR) is 112 cm³/mol. The smallest absolute Gasteiger partial charge is 0.385 e. The van der Waals surface area contributed by atoms with E-state index in [9.17, 15) is 26.4 Å². The van der Waals surface area contributed by atoms with Gasteiger partial charge in [0.15, 0.2) is 9.84 Å². The summed E-state index contributed by atoms with van der Waals surface area (Å²) < 4.78 is 67.3. The van der Waals surface area contributed by atoms with Crippen LogP contribution in [0.15, 0.2) is 24.3 Å². The third-order valence-corrected chi connectivity index (χ3v) is 8.05. The van der Waals surface area contributed by atoms with Crippen molar-refractivity contribution in [3.8, 4) is 10.6 Å². The molecule has 0 bridgehead atoms. The fourth-order valence-electron chi connectivity index (χ4n) is 3.50. The summed E-state index contributed by atoms with van der Waals surface area (Å²) in [5.41, 5.74) is 0.185. The maximum Gasteiger partial charge on any atom is 0.416 e. The number of hydrogen-bond acceptors (Lipinski definition) is 6. The van der Waals surface area contributed by atoms with E-state index in [1.165, 1.54) is 12.1 Å². The van der Waals surface area contributed by atoms with Gasteiger partial charge in [0.2, 0.25) is 0 Å². The minimum atomic E-state index is -4.43. The van der Waals surface area contributed by atoms with E-state index in [2.05, 4.69) is 4.98 Å². The van der Waals surface area contributed by atoms with E-state index in [0.29, 0.717) is 47.1 Å². The molecule has 1 atom stereocenters. The molecule has 0 N–H and O–H groups in total. The minimum absolute atomic E-state index is 0.0458. The van der Waals surface area contributed by atoms with Crippen molar-refractivity contribution in [2.24, 2.45) is 0 Å². The van der Waals surface area contributed by atoms with Gasteiger partial charge in [0.25, 0.3) is 5.91 Å². The normalized spacial score (nSPS) is 18.3. The Morgan fingerprint density at radius 2 is 1.97 bits per heavy atom. The van der Waals surface area contributed by atoms with Crippen molar-refractivity contribution in [3.05, 3.63) is 40.4 Å². The van der Waals surface area contributed by atoms with Crippen molar-refractivity contribution in [2.45, 2.75) is 32.0 Å². The van der Waals surface area contributed by atoms with Crippen LogP contribution >= 0.6 is 11.3 Å². The van der Waals surface area contributed by atoms with E-state index in [1.54, 1.807) is 18.9 Å². The fourth-order valence-corrected chi connectivity index (χ4v) is 6.26. The predicted octanol–water partition coefficient (Wildman–Crippen LogP) is 3.80. The average molecular weight is 477 g/mol. The van der Waals surface area contributed by atoms with Crippen LogP contribution in [0.1, 0.15) is 33.8 Å². The number of sulfone groups is 1. The summed E-state index contributed by atoms with van der Waals surface area (Å²) in [5, 5.41) is 0.436. The molecule has 11 heteroatoms. The van der Waals surface area contributed by atoms with Gasteiger partial charge in [-0.05, 0) is 31.9 Å². The van der Waals surface area contributed by atoms with Crippen molar-refractivity contribution < 1.29 is 31.1 Å². The van der Waals surface area contributed by atoms with Crippen molar-refractivity contribution in [3.63, 3.8) is 0 Å². The number of aromatic nitrogens is 1. The largest absolute Gasteiger partial charge is 0.416 e. The lowest BCUT2D eigenvalue weighted by atomic mass is 10.1. The second-order valence-electron chi connectivity index (χ2n) is 7.41. The summed E-state index contributed by atoms with van der Waals surface area (Å²) in [7, 11) is -1.63. The lowest BCUT2D eigenvalue weighted by Gasteiger charge is -2.28. The van der Waals surface area contributed by atoms with Crippen molar-refractivity contribution >= 4 is 27.1 Å². The molecule has 31 heavy (non-hydrogen) atoms. The van der Waals surface area contributed by atoms with E-state index in [4.69, 9.17) is 4.74 Å². The molecule has 3 rings (SSSR count). The monoisotopic (exact) mass is 476 g/mol. The molecule has 170 valence electrons. The van der Waals surface area contributed by atoms with Gasteiger partial charge in [0.05, 0.1) is 22.8 Å². The number of methoxy groups -OCH3 is 1. The highest BCUT2D eigenvalue weighted by atomic mass is 32.2. The fraction of sp³-hybridized carbons (Fsp3) is 0.500. The molecule has 1 aliphatic rings. The van der Waals surface area contributed by atoms with Gasteiger partial charge in [-0.2, -0.15) is 13.2 Å². The van der Waals surface area contributed by atoms with Crippen LogP contribution in [0.25, 0.3) is 10.6 Å². The first-order chi connectivity index (χ1) is 14.5. The molecule has 1 fully saturated rings. The zero-order valence-corrected chi connectivity index (χ0v) is 18.7. The van der Waals surface area contributed by atoms with Crippen LogP contribution in [0, 0.1) is 6.92 Å². The molecule has 0 saturated carbocycles. The zero-order chi connectivity index (χ0) is 22.8. The molecule has 1 aromatic heterocycles. The van der Waals surface area contributed by atoms with Crippen LogP contribution < -0.4 is 0 Å². The van der Waals surface area contributed by atoms with Crippen molar-refractivity contribution in [1.82, 2.24) is 9.88 Å². The lowest BCUT2D eigenvalue weighted by Crippen LogP contribution is -2.42. The Morgan fingerprint density at radius 1 is 1.29 bits per heavy atom. The van der Waals surface area contributed by atoms with Gasteiger partial charge in [-0.25, -0.2) is 13.4 Å². The van der Waals surface area contributed by atoms with Gasteiger partial charge in [-0.3, -0.25) is 4.79 Å². The number of aryl methyl sites for hydroxylation is 1. The number of hydrogen-bond donors (Lipinski definition) is 0. The van der Waals surface area contributed by atoms with Gasteiger partial charge in [-0.1, -0.05) is 12.1 Å². The van der Waals surface area contributed by atoms with Gasteiger partial charge in [0, 0.05) is 31.9 Å². The molecule has 2 aromatic rings. The van der Waals surface area contributed by atoms with Gasteiger partial charge >= 0.3 is 6.18 Å². The van der Waals surface area contributed by atoms with E-state index in [-0.39, 0.29) is 17.4 Å². The van der Waals surface area contributed by atoms with Gasteiger partial charge in [-0.15, -0.1) is 11.3 Å². The summed E-state index contributed by atoms with van der Waals surface area (Å²) >= 11 is 1.10. The molecule has 0 spiro atoms. The molecule has 1 aliphatic heterocycles. The molecular weight excluding hydrogens is 453 g/mol. The van der Waals surface area contributed by atoms with Crippen LogP contribution in [0.4, 0.5) is 13.2 Å². The highest BCUT2D eigenvalue weighted by molar-refractivity contribution is 7.91. The molecule has 6 nitrogen and oxygen atoms in total. The number of nitrogens with zero attached hydrogens (tertiary/aromatic N) is 2. The summed E-state index contributed by atoms with van der Waals surface area (Å²) in [5.74, 6) is -0.342. The van der Waals surface area contributed by atoms with Crippen LogP contribution in [-0.4, -0.2) is 62.0 Å². The molecule has 1 aromatic carbocycles. The maximum atomic E-state index is 13.3. The van der Waals surface area contributed by atoms with E-state index < -0.39 is 27.6 Å². The minimum Gasteiger partial charge on any atom is -0.385 e. The summed E-state index contributed by atoms with van der Waals surface area (Å²) in [4.78, 5) is 19.6. The standard InChI is InChI=1S/C20H23F3N2O4S2/c1-13-17(30-18(24-13)14-4-6-15(7-5-14)20(21,22)23)19(26)25(9-3-10-29-2)16-8-11-31(27,28)12-16/h4-7,16H,3,8-12H2,1-2H3. The highest BCUT2D eigenvalue weighted by Crippen LogP contribution is 2.34. The first kappa shape index (κ1) is 23.7. The number of halogens is 3. The molecule has 1 amide bonds. The SMILES string of the molecule is COCCCN(C(=O)c1sc(-c2ccc(C(F)(F)F)cc2)nc1C)C1CCS(=O)(=O)C1. The topological polar surface area (TPSA) is 76.6 Å². The number of alkyl halides is 3. The molecular formula is C20H23F3N2O4S2. The number of benzene rings is 1. The van der Waals surface area contributed by atoms with Gasteiger partial charge < -0.3 is 9.64 Å². The molecule has 2 heterocycles. The van der Waals surface area contributed by atoms with E-state index in [0.717, 1.165) is 23.5 Å². The Labute approximate surface area is 183 Å². The van der Waals surface area contributed by atoms with Crippen LogP contribution in [-0.2, 0) is 20.8 Å². The third-order valence-electron chi connectivity index (χ3n) is 5.11. The van der Waals surface area contributed by atoms with E-state index in [1.807, 2.05) is 0 Å². The highest BCUT2D eigenvalue weighted by Gasteiger charge is 2.36. The number of thiazole rings is 1. The van der Waals surface area contributed by atoms with Crippen LogP contribution in [0.3, 0.4) is 0 Å². The van der Waals surface area contributed by atoms with Crippen molar-refractivity contribution in [1.29, 1.82) is 0 Å². The number of rotatable bonds is 7. The number of carbonyl (C=O) groups excluding carboxylic acids is 1. The summed E-state index contributed by atoms with van der Waals surface area (Å²) in [6, 6.07) is 4.21. The average Bonchev–Trinajstić information content (AvgIpc) is 3.26. The second-order valence-corrected chi connectivity index (χ2v) is 10.6. The Hall–Kier alpha value is -1.98. The summed E-state index contributed by atoms with van der Waals surface area (Å²) in [6.45, 7) is 2.44. The summed E-state index contributed by atoms with van der Waals surface area (Å²) in [6.07, 6.45) is -3.49. The van der Waals surface area contributed by atoms with Crippen LogP contribution in [0.5, 0.6) is 0 Å².